The summed E-state index contributed by atoms with van der Waals surface area (Å²) in [4.78, 5) is 24.3. The number of carbonyl (C=O) groups is 2. The quantitative estimate of drug-likeness (QED) is 0.684. The summed E-state index contributed by atoms with van der Waals surface area (Å²) >= 11 is 0. The normalized spacial score (nSPS) is 10.1. The minimum atomic E-state index is -0.927. The Hall–Kier alpha value is -2.08. The Morgan fingerprint density at radius 2 is 1.95 bits per heavy atom. The fraction of sp³-hybridized carbons (Fsp3) is 0.467. The molecule has 1 aromatic rings. The molecule has 0 spiro atoms. The number of unbranched alkanes of at least 4 members (excludes halogenated alkanes) is 1. The molecule has 0 radical (unpaired) electrons. The van der Waals surface area contributed by atoms with Gasteiger partial charge in [-0.25, -0.2) is 4.79 Å². The number of hydrogen-bond acceptors (Lipinski definition) is 3. The number of nitrogens with one attached hydrogen (secondary N) is 1. The predicted octanol–water partition coefficient (Wildman–Crippen LogP) is 2.10. The van der Waals surface area contributed by atoms with Crippen LogP contribution in [0.1, 0.15) is 19.3 Å². The van der Waals surface area contributed by atoms with Gasteiger partial charge in [-0.05, 0) is 25.0 Å². The SMILES string of the molecule is COCCCCNC(=O)N(CCC(=O)O)c1ccccc1. The van der Waals surface area contributed by atoms with E-state index in [0.717, 1.165) is 12.8 Å². The summed E-state index contributed by atoms with van der Waals surface area (Å²) in [5.41, 5.74) is 0.688. The van der Waals surface area contributed by atoms with Crippen molar-refractivity contribution in [3.8, 4) is 0 Å². The zero-order valence-corrected chi connectivity index (χ0v) is 12.2. The van der Waals surface area contributed by atoms with E-state index in [2.05, 4.69) is 5.32 Å². The summed E-state index contributed by atoms with van der Waals surface area (Å²) in [6.45, 7) is 1.35. The molecule has 0 aliphatic rings. The molecule has 0 heterocycles. The highest BCUT2D eigenvalue weighted by Gasteiger charge is 2.16. The number of carbonyl (C=O) groups excluding carboxylic acids is 1. The number of para-hydroxylation sites is 1. The van der Waals surface area contributed by atoms with Gasteiger partial charge in [0.1, 0.15) is 0 Å². The first-order valence-electron chi connectivity index (χ1n) is 6.96. The van der Waals surface area contributed by atoms with Crippen LogP contribution in [0.25, 0.3) is 0 Å². The first-order chi connectivity index (χ1) is 10.1. The molecule has 0 bridgehead atoms. The molecule has 2 N–H and O–H groups in total. The molecule has 2 amide bonds. The lowest BCUT2D eigenvalue weighted by molar-refractivity contribution is -0.136. The summed E-state index contributed by atoms with van der Waals surface area (Å²) in [5.74, 6) is -0.927. The van der Waals surface area contributed by atoms with Gasteiger partial charge in [0.25, 0.3) is 0 Å². The van der Waals surface area contributed by atoms with Crippen LogP contribution in [0, 0.1) is 0 Å². The van der Waals surface area contributed by atoms with Gasteiger partial charge < -0.3 is 15.2 Å². The van der Waals surface area contributed by atoms with E-state index in [1.165, 1.54) is 4.90 Å². The molecule has 0 saturated heterocycles. The maximum atomic E-state index is 12.2. The van der Waals surface area contributed by atoms with Gasteiger partial charge in [-0.1, -0.05) is 18.2 Å². The number of nitrogens with zero attached hydrogens (tertiary/aromatic N) is 1. The van der Waals surface area contributed by atoms with E-state index in [0.29, 0.717) is 18.8 Å². The first-order valence-corrected chi connectivity index (χ1v) is 6.96. The van der Waals surface area contributed by atoms with Crippen molar-refractivity contribution in [1.82, 2.24) is 5.32 Å². The number of hydrogen-bond donors (Lipinski definition) is 2. The molecule has 0 atom stereocenters. The van der Waals surface area contributed by atoms with Crippen molar-refractivity contribution in [2.24, 2.45) is 0 Å². The van der Waals surface area contributed by atoms with Gasteiger partial charge in [0, 0.05) is 32.5 Å². The van der Waals surface area contributed by atoms with Crippen LogP contribution in [0.5, 0.6) is 0 Å². The van der Waals surface area contributed by atoms with Crippen LogP contribution in [0.15, 0.2) is 30.3 Å². The van der Waals surface area contributed by atoms with E-state index in [-0.39, 0.29) is 19.0 Å². The van der Waals surface area contributed by atoms with Crippen molar-refractivity contribution in [3.05, 3.63) is 30.3 Å². The fourth-order valence-electron chi connectivity index (χ4n) is 1.83. The third-order valence-corrected chi connectivity index (χ3v) is 2.91. The smallest absolute Gasteiger partial charge is 0.321 e. The van der Waals surface area contributed by atoms with Crippen LogP contribution in [0.2, 0.25) is 0 Å². The number of carboxylic acid groups (broad SMARTS) is 1. The highest BCUT2D eigenvalue weighted by Crippen LogP contribution is 2.13. The predicted molar refractivity (Wildman–Crippen MR) is 80.5 cm³/mol. The Bertz CT molecular complexity index is 437. The zero-order chi connectivity index (χ0) is 15.5. The lowest BCUT2D eigenvalue weighted by Crippen LogP contribution is -2.41. The second-order valence-corrected chi connectivity index (χ2v) is 4.56. The molecule has 0 fully saturated rings. The number of benzene rings is 1. The Morgan fingerprint density at radius 1 is 1.24 bits per heavy atom. The van der Waals surface area contributed by atoms with Gasteiger partial charge in [0.05, 0.1) is 6.42 Å². The number of aliphatic carboxylic acids is 1. The van der Waals surface area contributed by atoms with Gasteiger partial charge in [-0.15, -0.1) is 0 Å². The lowest BCUT2D eigenvalue weighted by Gasteiger charge is -2.22. The molecule has 0 saturated carbocycles. The van der Waals surface area contributed by atoms with Gasteiger partial charge in [-0.3, -0.25) is 9.69 Å². The molecule has 116 valence electrons. The number of anilines is 1. The number of rotatable bonds is 9. The Labute approximate surface area is 124 Å². The van der Waals surface area contributed by atoms with Crippen molar-refractivity contribution >= 4 is 17.7 Å². The number of methoxy groups -OCH3 is 1. The van der Waals surface area contributed by atoms with Crippen molar-refractivity contribution < 1.29 is 19.4 Å². The Kier molecular flexibility index (Phi) is 7.89. The van der Waals surface area contributed by atoms with Crippen molar-refractivity contribution in [2.75, 3.05) is 31.7 Å². The molecular weight excluding hydrogens is 272 g/mol. The third kappa shape index (κ3) is 6.76. The molecule has 1 rings (SSSR count). The molecule has 1 aromatic carbocycles. The Balaban J connectivity index is 2.55. The van der Waals surface area contributed by atoms with E-state index in [1.54, 1.807) is 19.2 Å². The highest BCUT2D eigenvalue weighted by molar-refractivity contribution is 5.92. The van der Waals surface area contributed by atoms with Crippen LogP contribution in [0.3, 0.4) is 0 Å². The molecule has 0 aromatic heterocycles. The molecule has 21 heavy (non-hydrogen) atoms. The summed E-state index contributed by atoms with van der Waals surface area (Å²) in [6.07, 6.45) is 1.60. The number of amides is 2. The van der Waals surface area contributed by atoms with Crippen LogP contribution < -0.4 is 10.2 Å². The number of urea groups is 1. The second-order valence-electron chi connectivity index (χ2n) is 4.56. The number of carboxylic acids is 1. The summed E-state index contributed by atoms with van der Waals surface area (Å²) in [5, 5.41) is 11.6. The molecule has 6 nitrogen and oxygen atoms in total. The van der Waals surface area contributed by atoms with Gasteiger partial charge >= 0.3 is 12.0 Å². The van der Waals surface area contributed by atoms with Crippen LogP contribution in [-0.2, 0) is 9.53 Å². The average Bonchev–Trinajstić information content (AvgIpc) is 2.48. The van der Waals surface area contributed by atoms with E-state index >= 15 is 0 Å². The summed E-state index contributed by atoms with van der Waals surface area (Å²) in [6, 6.07) is 8.77. The fourth-order valence-corrected chi connectivity index (χ4v) is 1.83. The van der Waals surface area contributed by atoms with E-state index < -0.39 is 5.97 Å². The molecular formula is C15H22N2O4. The standard InChI is InChI=1S/C15H22N2O4/c1-21-12-6-5-10-16-15(20)17(11-9-14(18)19)13-7-3-2-4-8-13/h2-4,7-8H,5-6,9-12H2,1H3,(H,16,20)(H,18,19). The Morgan fingerprint density at radius 3 is 2.57 bits per heavy atom. The first kappa shape index (κ1) is 17.0. The average molecular weight is 294 g/mol. The van der Waals surface area contributed by atoms with E-state index in [4.69, 9.17) is 9.84 Å². The van der Waals surface area contributed by atoms with Crippen LogP contribution in [0.4, 0.5) is 10.5 Å². The summed E-state index contributed by atoms with van der Waals surface area (Å²) < 4.78 is 4.94. The topological polar surface area (TPSA) is 78.9 Å². The van der Waals surface area contributed by atoms with Crippen molar-refractivity contribution in [1.29, 1.82) is 0 Å². The van der Waals surface area contributed by atoms with Crippen LogP contribution in [-0.4, -0.2) is 43.9 Å². The zero-order valence-electron chi connectivity index (χ0n) is 12.2. The molecule has 0 aliphatic carbocycles. The molecule has 0 unspecified atom stereocenters. The molecule has 0 aliphatic heterocycles. The maximum absolute atomic E-state index is 12.2. The van der Waals surface area contributed by atoms with Crippen molar-refractivity contribution in [3.63, 3.8) is 0 Å². The van der Waals surface area contributed by atoms with Crippen LogP contribution >= 0.6 is 0 Å². The second kappa shape index (κ2) is 9.77. The minimum Gasteiger partial charge on any atom is -0.481 e. The van der Waals surface area contributed by atoms with Gasteiger partial charge in [0.2, 0.25) is 0 Å². The maximum Gasteiger partial charge on any atom is 0.321 e. The largest absolute Gasteiger partial charge is 0.481 e. The highest BCUT2D eigenvalue weighted by atomic mass is 16.5. The van der Waals surface area contributed by atoms with Gasteiger partial charge in [-0.2, -0.15) is 0 Å². The van der Waals surface area contributed by atoms with E-state index in [1.807, 2.05) is 18.2 Å². The third-order valence-electron chi connectivity index (χ3n) is 2.91. The minimum absolute atomic E-state index is 0.0913. The molecule has 6 heteroatoms. The van der Waals surface area contributed by atoms with E-state index in [9.17, 15) is 9.59 Å². The summed E-state index contributed by atoms with van der Waals surface area (Å²) in [7, 11) is 1.64. The number of ether oxygens (including phenoxy) is 1. The van der Waals surface area contributed by atoms with Gasteiger partial charge in [0.15, 0.2) is 0 Å². The van der Waals surface area contributed by atoms with Crippen molar-refractivity contribution in [2.45, 2.75) is 19.3 Å². The monoisotopic (exact) mass is 294 g/mol. The lowest BCUT2D eigenvalue weighted by atomic mass is 10.2.